The van der Waals surface area contributed by atoms with Gasteiger partial charge >= 0.3 is 0 Å². The first kappa shape index (κ1) is 13.6. The molecule has 2 heterocycles. The molecule has 0 bridgehead atoms. The van der Waals surface area contributed by atoms with Crippen LogP contribution in [0.5, 0.6) is 0 Å². The maximum Gasteiger partial charge on any atom is 0.182 e. The van der Waals surface area contributed by atoms with Crippen LogP contribution in [0.1, 0.15) is 12.8 Å². The highest BCUT2D eigenvalue weighted by atomic mass is 32.2. The normalized spacial score (nSPS) is 22.0. The number of nitrogens with zero attached hydrogens (tertiary/aromatic N) is 2. The molecule has 1 aliphatic heterocycles. The van der Waals surface area contributed by atoms with E-state index in [1.54, 1.807) is 0 Å². The van der Waals surface area contributed by atoms with Crippen molar-refractivity contribution in [2.24, 2.45) is 0 Å². The van der Waals surface area contributed by atoms with E-state index in [1.165, 1.54) is 0 Å². The molecular weight excluding hydrogens is 272 g/mol. The molecular formula is C10H18N4O2S2. The Hall–Kier alpha value is -0.860. The first-order chi connectivity index (χ1) is 8.38. The second-order valence-corrected chi connectivity index (χ2v) is 7.47. The lowest BCUT2D eigenvalue weighted by molar-refractivity contribution is 0.261. The second-order valence-electron chi connectivity index (χ2n) is 4.74. The largest absolute Gasteiger partial charge is 0.382 e. The second kappa shape index (κ2) is 5.02. The van der Waals surface area contributed by atoms with Gasteiger partial charge < -0.3 is 16.0 Å². The lowest BCUT2D eigenvalue weighted by atomic mass is 10.1. The summed E-state index contributed by atoms with van der Waals surface area (Å²) in [6, 6.07) is 0.254. The molecule has 0 aromatic carbocycles. The number of rotatable bonds is 3. The van der Waals surface area contributed by atoms with Gasteiger partial charge in [-0.2, -0.15) is 4.37 Å². The minimum absolute atomic E-state index is 0.0918. The van der Waals surface area contributed by atoms with Crippen molar-refractivity contribution in [2.45, 2.75) is 23.8 Å². The Morgan fingerprint density at radius 3 is 2.89 bits per heavy atom. The van der Waals surface area contributed by atoms with Gasteiger partial charge in [0, 0.05) is 18.8 Å². The summed E-state index contributed by atoms with van der Waals surface area (Å²) in [5.41, 5.74) is 5.63. The fraction of sp³-hybridized carbons (Fsp3) is 0.700. The number of piperidine rings is 1. The van der Waals surface area contributed by atoms with Crippen LogP contribution in [-0.2, 0) is 9.84 Å². The number of nitrogens with two attached hydrogens (primary N) is 1. The fourth-order valence-corrected chi connectivity index (χ4v) is 4.35. The third-order valence-corrected chi connectivity index (χ3v) is 5.08. The van der Waals surface area contributed by atoms with Crippen molar-refractivity contribution in [3.8, 4) is 0 Å². The first-order valence-electron chi connectivity index (χ1n) is 5.78. The lowest BCUT2D eigenvalue weighted by Crippen LogP contribution is -2.39. The molecule has 2 rings (SSSR count). The molecule has 18 heavy (non-hydrogen) atoms. The third kappa shape index (κ3) is 2.93. The number of anilines is 2. The van der Waals surface area contributed by atoms with E-state index in [2.05, 4.69) is 21.6 Å². The summed E-state index contributed by atoms with van der Waals surface area (Å²) in [6.45, 7) is 1.99. The van der Waals surface area contributed by atoms with Gasteiger partial charge in [0.25, 0.3) is 0 Å². The van der Waals surface area contributed by atoms with Crippen molar-refractivity contribution in [2.75, 3.05) is 37.4 Å². The summed E-state index contributed by atoms with van der Waals surface area (Å²) in [5.74, 6) is 0.0918. The molecule has 1 atom stereocenters. The zero-order valence-electron chi connectivity index (χ0n) is 10.5. The summed E-state index contributed by atoms with van der Waals surface area (Å²) in [4.78, 5) is 2.37. The quantitative estimate of drug-likeness (QED) is 0.849. The number of aromatic nitrogens is 1. The monoisotopic (exact) mass is 290 g/mol. The van der Waals surface area contributed by atoms with E-state index in [-0.39, 0.29) is 16.8 Å². The van der Waals surface area contributed by atoms with E-state index in [0.717, 1.165) is 43.7 Å². The van der Waals surface area contributed by atoms with Crippen molar-refractivity contribution in [3.63, 3.8) is 0 Å². The van der Waals surface area contributed by atoms with Crippen molar-refractivity contribution >= 4 is 32.2 Å². The number of nitrogens with one attached hydrogen (secondary N) is 1. The molecule has 0 aliphatic carbocycles. The fourth-order valence-electron chi connectivity index (χ4n) is 2.21. The number of hydrogen-bond acceptors (Lipinski definition) is 7. The van der Waals surface area contributed by atoms with Crippen LogP contribution in [0.4, 0.5) is 10.8 Å². The predicted octanol–water partition coefficient (Wildman–Crippen LogP) is 0.635. The Morgan fingerprint density at radius 2 is 2.28 bits per heavy atom. The Bertz CT molecular complexity index is 526. The van der Waals surface area contributed by atoms with Crippen LogP contribution >= 0.6 is 11.5 Å². The van der Waals surface area contributed by atoms with Gasteiger partial charge in [-0.3, -0.25) is 0 Å². The number of sulfone groups is 1. The zero-order valence-corrected chi connectivity index (χ0v) is 12.1. The van der Waals surface area contributed by atoms with E-state index in [0.29, 0.717) is 5.00 Å². The van der Waals surface area contributed by atoms with Crippen LogP contribution in [0, 0.1) is 0 Å². The average molecular weight is 290 g/mol. The van der Waals surface area contributed by atoms with E-state index >= 15 is 0 Å². The standard InChI is InChI=1S/C10H18N4O2S2/c1-14-5-3-4-7(6-14)12-10-8(18(2,15)16)9(11)13-17-10/h7,12H,3-6H2,1-2H3,(H2,11,13). The van der Waals surface area contributed by atoms with E-state index < -0.39 is 9.84 Å². The van der Waals surface area contributed by atoms with Crippen molar-refractivity contribution in [1.82, 2.24) is 9.27 Å². The molecule has 0 radical (unpaired) electrons. The molecule has 1 aliphatic rings. The summed E-state index contributed by atoms with van der Waals surface area (Å²) in [7, 11) is -1.28. The average Bonchev–Trinajstić information content (AvgIpc) is 2.59. The molecule has 3 N–H and O–H groups in total. The molecule has 6 nitrogen and oxygen atoms in total. The molecule has 0 saturated carbocycles. The topological polar surface area (TPSA) is 88.3 Å². The molecule has 8 heteroatoms. The number of likely N-dealkylation sites (N-methyl/N-ethyl adjacent to an activating group) is 1. The number of hydrogen-bond donors (Lipinski definition) is 2. The van der Waals surface area contributed by atoms with Crippen molar-refractivity contribution in [3.05, 3.63) is 0 Å². The van der Waals surface area contributed by atoms with Gasteiger partial charge in [-0.25, -0.2) is 8.42 Å². The van der Waals surface area contributed by atoms with E-state index in [9.17, 15) is 8.42 Å². The predicted molar refractivity (Wildman–Crippen MR) is 73.8 cm³/mol. The summed E-state index contributed by atoms with van der Waals surface area (Å²) >= 11 is 1.11. The van der Waals surface area contributed by atoms with Crippen molar-refractivity contribution in [1.29, 1.82) is 0 Å². The molecule has 1 aromatic rings. The number of nitrogen functional groups attached to an aromatic ring is 1. The summed E-state index contributed by atoms with van der Waals surface area (Å²) < 4.78 is 27.3. The Kier molecular flexibility index (Phi) is 3.79. The highest BCUT2D eigenvalue weighted by molar-refractivity contribution is 7.91. The highest BCUT2D eigenvalue weighted by Gasteiger charge is 2.24. The zero-order chi connectivity index (χ0) is 13.3. The molecule has 1 fully saturated rings. The third-order valence-electron chi connectivity index (χ3n) is 3.00. The summed E-state index contributed by atoms with van der Waals surface area (Å²) in [6.07, 6.45) is 3.30. The first-order valence-corrected chi connectivity index (χ1v) is 8.44. The van der Waals surface area contributed by atoms with Crippen LogP contribution in [0.25, 0.3) is 0 Å². The van der Waals surface area contributed by atoms with Gasteiger partial charge in [-0.1, -0.05) is 0 Å². The van der Waals surface area contributed by atoms with Crippen LogP contribution in [0.2, 0.25) is 0 Å². The Balaban J connectivity index is 2.20. The maximum absolute atomic E-state index is 11.7. The number of likely N-dealkylation sites (tertiary alicyclic amines) is 1. The SMILES string of the molecule is CN1CCCC(Nc2snc(N)c2S(C)(=O)=O)C1. The van der Waals surface area contributed by atoms with E-state index in [4.69, 9.17) is 5.73 Å². The smallest absolute Gasteiger partial charge is 0.182 e. The van der Waals surface area contributed by atoms with Gasteiger partial charge in [0.2, 0.25) is 0 Å². The lowest BCUT2D eigenvalue weighted by Gasteiger charge is -2.30. The van der Waals surface area contributed by atoms with Crippen LogP contribution in [0.3, 0.4) is 0 Å². The molecule has 1 saturated heterocycles. The Morgan fingerprint density at radius 1 is 1.56 bits per heavy atom. The van der Waals surface area contributed by atoms with Crippen LogP contribution < -0.4 is 11.1 Å². The van der Waals surface area contributed by atoms with Crippen LogP contribution in [0.15, 0.2) is 4.90 Å². The van der Waals surface area contributed by atoms with E-state index in [1.807, 2.05) is 0 Å². The minimum atomic E-state index is -3.34. The van der Waals surface area contributed by atoms with Gasteiger partial charge in [0.1, 0.15) is 9.90 Å². The van der Waals surface area contributed by atoms with Gasteiger partial charge in [-0.15, -0.1) is 0 Å². The molecule has 102 valence electrons. The maximum atomic E-state index is 11.7. The minimum Gasteiger partial charge on any atom is -0.382 e. The highest BCUT2D eigenvalue weighted by Crippen LogP contribution is 2.32. The Labute approximate surface area is 111 Å². The van der Waals surface area contributed by atoms with Crippen LogP contribution in [-0.4, -0.2) is 50.1 Å². The van der Waals surface area contributed by atoms with Gasteiger partial charge in [-0.05, 0) is 38.0 Å². The molecule has 1 aromatic heterocycles. The van der Waals surface area contributed by atoms with Gasteiger partial charge in [0.05, 0.1) is 0 Å². The van der Waals surface area contributed by atoms with Crippen molar-refractivity contribution < 1.29 is 8.42 Å². The molecule has 1 unspecified atom stereocenters. The van der Waals surface area contributed by atoms with Gasteiger partial charge in [0.15, 0.2) is 15.7 Å². The molecule has 0 amide bonds. The summed E-state index contributed by atoms with van der Waals surface area (Å²) in [5, 5.41) is 3.83. The molecule has 0 spiro atoms.